The van der Waals surface area contributed by atoms with Crippen LogP contribution in [0, 0.1) is 6.92 Å². The number of hydrazone groups is 1. The highest BCUT2D eigenvalue weighted by atomic mass is 32.2. The number of nitrogens with zero attached hydrogens (tertiary/aromatic N) is 5. The summed E-state index contributed by atoms with van der Waals surface area (Å²) in [4.78, 5) is 25.7. The molecule has 1 amide bonds. The van der Waals surface area contributed by atoms with Gasteiger partial charge in [-0.2, -0.15) is 5.10 Å². The third kappa shape index (κ3) is 4.62. The molecule has 0 aliphatic carbocycles. The molecule has 4 rings (SSSR count). The highest BCUT2D eigenvalue weighted by Gasteiger charge is 2.16. The number of hydrogen-bond acceptors (Lipinski definition) is 7. The van der Waals surface area contributed by atoms with Gasteiger partial charge in [-0.25, -0.2) is 20.4 Å². The molecular formula is C23H22N6O2S. The number of carbonyl (C=O) groups excluding carboxylic acids is 1. The van der Waals surface area contributed by atoms with E-state index in [1.165, 1.54) is 11.8 Å². The van der Waals surface area contributed by atoms with Gasteiger partial charge in [-0.15, -0.1) is 0 Å². The molecule has 162 valence electrons. The first kappa shape index (κ1) is 21.5. The Kier molecular flexibility index (Phi) is 6.46. The van der Waals surface area contributed by atoms with Gasteiger partial charge < -0.3 is 4.74 Å². The number of rotatable bonds is 7. The lowest BCUT2D eigenvalue weighted by atomic mass is 10.1. The molecule has 4 aromatic rings. The van der Waals surface area contributed by atoms with Crippen LogP contribution >= 0.6 is 11.8 Å². The summed E-state index contributed by atoms with van der Waals surface area (Å²) in [6.07, 6.45) is 5.24. The van der Waals surface area contributed by atoms with E-state index in [0.717, 1.165) is 22.5 Å². The maximum atomic E-state index is 12.8. The zero-order valence-electron chi connectivity index (χ0n) is 17.9. The monoisotopic (exact) mass is 446 g/mol. The lowest BCUT2D eigenvalue weighted by Crippen LogP contribution is -2.22. The third-order valence-corrected chi connectivity index (χ3v) is 5.77. The third-order valence-electron chi connectivity index (χ3n) is 4.84. The molecule has 0 atom stereocenters. The average Bonchev–Trinajstić information content (AvgIpc) is 3.17. The van der Waals surface area contributed by atoms with Gasteiger partial charge in [0.25, 0.3) is 5.91 Å². The first-order chi connectivity index (χ1) is 15.6. The Morgan fingerprint density at radius 3 is 2.78 bits per heavy atom. The molecule has 0 aliphatic heterocycles. The van der Waals surface area contributed by atoms with E-state index in [2.05, 4.69) is 25.5 Å². The number of fused-ring (bicyclic) bond motifs is 1. The number of nitrogens with one attached hydrogen (secondary N) is 1. The van der Waals surface area contributed by atoms with Crippen LogP contribution in [0.25, 0.3) is 5.65 Å². The summed E-state index contributed by atoms with van der Waals surface area (Å²) in [7, 11) is 1.64. The highest BCUT2D eigenvalue weighted by Crippen LogP contribution is 2.27. The predicted octanol–water partition coefficient (Wildman–Crippen LogP) is 3.89. The summed E-state index contributed by atoms with van der Waals surface area (Å²) in [5.74, 6) is 1.10. The van der Waals surface area contributed by atoms with Gasteiger partial charge in [0.05, 0.1) is 18.5 Å². The Hall–Kier alpha value is -3.72. The van der Waals surface area contributed by atoms with Crippen LogP contribution in [-0.4, -0.2) is 38.1 Å². The van der Waals surface area contributed by atoms with Crippen LogP contribution in [0.15, 0.2) is 71.3 Å². The molecule has 9 heteroatoms. The molecule has 3 heterocycles. The molecule has 0 radical (unpaired) electrons. The van der Waals surface area contributed by atoms with E-state index in [0.29, 0.717) is 28.0 Å². The number of carbonyl (C=O) groups is 1. The van der Waals surface area contributed by atoms with Gasteiger partial charge in [-0.3, -0.25) is 9.20 Å². The van der Waals surface area contributed by atoms with Crippen molar-refractivity contribution in [1.29, 1.82) is 0 Å². The van der Waals surface area contributed by atoms with Gasteiger partial charge in [0.15, 0.2) is 5.16 Å². The lowest BCUT2D eigenvalue weighted by molar-refractivity contribution is 0.0948. The lowest BCUT2D eigenvalue weighted by Gasteiger charge is -2.10. The van der Waals surface area contributed by atoms with Crippen LogP contribution < -0.4 is 10.2 Å². The number of pyridine rings is 1. The van der Waals surface area contributed by atoms with E-state index in [1.54, 1.807) is 30.0 Å². The molecule has 0 spiro atoms. The standard InChI is InChI=1S/C23H22N6O2S/c1-15(27-28-22(30)21-16(2)26-20-7-4-5-12-29(20)21)17-8-9-19(31-3)18(13-17)14-32-23-24-10-6-11-25-23/h4-13H,14H2,1-3H3,(H,28,30)/b27-15-. The fourth-order valence-corrected chi connectivity index (χ4v) is 4.04. The van der Waals surface area contributed by atoms with E-state index >= 15 is 0 Å². The molecule has 0 fully saturated rings. The first-order valence-electron chi connectivity index (χ1n) is 9.92. The Morgan fingerprint density at radius 2 is 2.00 bits per heavy atom. The summed E-state index contributed by atoms with van der Waals surface area (Å²) in [6.45, 7) is 3.66. The molecule has 32 heavy (non-hydrogen) atoms. The smallest absolute Gasteiger partial charge is 0.290 e. The van der Waals surface area contributed by atoms with Gasteiger partial charge in [0.2, 0.25) is 0 Å². The molecule has 3 aromatic heterocycles. The number of benzene rings is 1. The predicted molar refractivity (Wildman–Crippen MR) is 124 cm³/mol. The summed E-state index contributed by atoms with van der Waals surface area (Å²) in [6, 6.07) is 13.2. The largest absolute Gasteiger partial charge is 0.496 e. The van der Waals surface area contributed by atoms with Crippen LogP contribution in [0.5, 0.6) is 5.75 Å². The van der Waals surface area contributed by atoms with Crippen molar-refractivity contribution in [3.05, 3.63) is 83.6 Å². The maximum absolute atomic E-state index is 12.8. The van der Waals surface area contributed by atoms with Crippen molar-refractivity contribution in [2.24, 2.45) is 5.10 Å². The number of methoxy groups -OCH3 is 1. The molecule has 0 saturated carbocycles. The van der Waals surface area contributed by atoms with Crippen LogP contribution in [-0.2, 0) is 5.75 Å². The zero-order chi connectivity index (χ0) is 22.5. The van der Waals surface area contributed by atoms with Gasteiger partial charge in [0, 0.05) is 29.9 Å². The Balaban J connectivity index is 1.52. The second-order valence-corrected chi connectivity index (χ2v) is 7.90. The number of ether oxygens (including phenoxy) is 1. The van der Waals surface area contributed by atoms with E-state index in [4.69, 9.17) is 4.74 Å². The molecule has 0 bridgehead atoms. The van der Waals surface area contributed by atoms with Crippen LogP contribution in [0.1, 0.15) is 34.2 Å². The number of imidazole rings is 1. The van der Waals surface area contributed by atoms with Gasteiger partial charge in [-0.1, -0.05) is 17.8 Å². The zero-order valence-corrected chi connectivity index (χ0v) is 18.8. The Morgan fingerprint density at radius 1 is 1.19 bits per heavy atom. The van der Waals surface area contributed by atoms with Crippen molar-refractivity contribution in [2.75, 3.05) is 7.11 Å². The van der Waals surface area contributed by atoms with E-state index in [1.807, 2.05) is 56.4 Å². The second kappa shape index (κ2) is 9.61. The molecule has 8 nitrogen and oxygen atoms in total. The Bertz CT molecular complexity index is 1290. The molecule has 0 saturated heterocycles. The van der Waals surface area contributed by atoms with Crippen molar-refractivity contribution in [3.8, 4) is 5.75 Å². The number of aromatic nitrogens is 4. The van der Waals surface area contributed by atoms with Gasteiger partial charge in [0.1, 0.15) is 17.1 Å². The molecule has 0 aliphatic rings. The van der Waals surface area contributed by atoms with Crippen molar-refractivity contribution >= 4 is 29.0 Å². The summed E-state index contributed by atoms with van der Waals surface area (Å²) < 4.78 is 7.25. The fraction of sp³-hybridized carbons (Fsp3) is 0.174. The molecule has 1 N–H and O–H groups in total. The minimum absolute atomic E-state index is 0.314. The van der Waals surface area contributed by atoms with Crippen molar-refractivity contribution in [1.82, 2.24) is 24.8 Å². The summed E-state index contributed by atoms with van der Waals surface area (Å²) in [5, 5.41) is 5.01. The van der Waals surface area contributed by atoms with Crippen LogP contribution in [0.4, 0.5) is 0 Å². The van der Waals surface area contributed by atoms with Gasteiger partial charge in [-0.05, 0) is 55.8 Å². The van der Waals surface area contributed by atoms with E-state index < -0.39 is 0 Å². The SMILES string of the molecule is COc1ccc(/C(C)=N\NC(=O)c2c(C)nc3ccccn23)cc1CSc1ncccn1. The number of thioether (sulfide) groups is 1. The minimum Gasteiger partial charge on any atom is -0.496 e. The molecule has 0 unspecified atom stereocenters. The summed E-state index contributed by atoms with van der Waals surface area (Å²) >= 11 is 1.52. The van der Waals surface area contributed by atoms with Crippen molar-refractivity contribution in [2.45, 2.75) is 24.8 Å². The number of amides is 1. The first-order valence-corrected chi connectivity index (χ1v) is 10.9. The fourth-order valence-electron chi connectivity index (χ4n) is 3.26. The number of aryl methyl sites for hydroxylation is 1. The van der Waals surface area contributed by atoms with Gasteiger partial charge >= 0.3 is 0 Å². The average molecular weight is 447 g/mol. The number of hydrogen-bond donors (Lipinski definition) is 1. The van der Waals surface area contributed by atoms with E-state index in [-0.39, 0.29) is 5.91 Å². The molecule has 1 aromatic carbocycles. The summed E-state index contributed by atoms with van der Waals surface area (Å²) in [5.41, 5.74) is 7.03. The maximum Gasteiger partial charge on any atom is 0.290 e. The highest BCUT2D eigenvalue weighted by molar-refractivity contribution is 7.98. The Labute approximate surface area is 189 Å². The van der Waals surface area contributed by atoms with Crippen molar-refractivity contribution in [3.63, 3.8) is 0 Å². The van der Waals surface area contributed by atoms with Crippen LogP contribution in [0.2, 0.25) is 0 Å². The quantitative estimate of drug-likeness (QED) is 0.200. The van der Waals surface area contributed by atoms with Crippen molar-refractivity contribution < 1.29 is 9.53 Å². The van der Waals surface area contributed by atoms with Crippen LogP contribution in [0.3, 0.4) is 0 Å². The minimum atomic E-state index is -0.314. The second-order valence-electron chi connectivity index (χ2n) is 6.96. The topological polar surface area (TPSA) is 93.8 Å². The molecular weight excluding hydrogens is 424 g/mol. The normalized spacial score (nSPS) is 11.5. The van der Waals surface area contributed by atoms with E-state index in [9.17, 15) is 4.79 Å².